The molecular formula is C22H12N2O4. The Hall–Kier alpha value is -4.42. The molecule has 134 valence electrons. The van der Waals surface area contributed by atoms with Crippen molar-refractivity contribution in [1.29, 1.82) is 0 Å². The molecule has 0 radical (unpaired) electrons. The van der Waals surface area contributed by atoms with Crippen LogP contribution in [0.5, 0.6) is 0 Å². The van der Waals surface area contributed by atoms with Crippen LogP contribution in [-0.2, 0) is 0 Å². The third-order valence-corrected chi connectivity index (χ3v) is 3.77. The van der Waals surface area contributed by atoms with Gasteiger partial charge in [-0.05, 0) is 36.4 Å². The fourth-order valence-corrected chi connectivity index (χ4v) is 2.31. The van der Waals surface area contributed by atoms with E-state index in [9.17, 15) is 20.2 Å². The first-order chi connectivity index (χ1) is 13.5. The zero-order chi connectivity index (χ0) is 19.9. The van der Waals surface area contributed by atoms with Gasteiger partial charge in [0.05, 0.1) is 9.85 Å². The average Bonchev–Trinajstić information content (AvgIpc) is 2.72. The van der Waals surface area contributed by atoms with Crippen LogP contribution in [0.2, 0.25) is 0 Å². The molecule has 3 aromatic rings. The van der Waals surface area contributed by atoms with Crippen LogP contribution in [0.3, 0.4) is 0 Å². The Morgan fingerprint density at radius 1 is 0.536 bits per heavy atom. The van der Waals surface area contributed by atoms with Gasteiger partial charge in [0.1, 0.15) is 0 Å². The summed E-state index contributed by atoms with van der Waals surface area (Å²) < 4.78 is 0. The van der Waals surface area contributed by atoms with Crippen molar-refractivity contribution in [2.45, 2.75) is 0 Å². The minimum Gasteiger partial charge on any atom is -0.258 e. The van der Waals surface area contributed by atoms with Crippen molar-refractivity contribution in [2.24, 2.45) is 0 Å². The molecule has 0 bridgehead atoms. The Morgan fingerprint density at radius 2 is 0.893 bits per heavy atom. The van der Waals surface area contributed by atoms with E-state index in [0.29, 0.717) is 11.1 Å². The fraction of sp³-hybridized carbons (Fsp3) is 0. The highest BCUT2D eigenvalue weighted by Crippen LogP contribution is 2.13. The SMILES string of the molecule is O=[N+]([O-])c1ccc(C#Cc2ccccc2C#Cc2ccc([N+](=O)[O-])cc2)cc1. The maximum atomic E-state index is 10.7. The smallest absolute Gasteiger partial charge is 0.258 e. The predicted octanol–water partition coefficient (Wildman–Crippen LogP) is 4.30. The van der Waals surface area contributed by atoms with E-state index in [2.05, 4.69) is 23.7 Å². The molecule has 0 aliphatic rings. The third kappa shape index (κ3) is 4.60. The Bertz CT molecular complexity index is 1060. The highest BCUT2D eigenvalue weighted by molar-refractivity contribution is 5.55. The molecule has 0 amide bonds. The summed E-state index contributed by atoms with van der Waals surface area (Å²) in [6.45, 7) is 0. The predicted molar refractivity (Wildman–Crippen MR) is 105 cm³/mol. The lowest BCUT2D eigenvalue weighted by molar-refractivity contribution is -0.385. The summed E-state index contributed by atoms with van der Waals surface area (Å²) >= 11 is 0. The van der Waals surface area contributed by atoms with Crippen LogP contribution in [0.25, 0.3) is 0 Å². The lowest BCUT2D eigenvalue weighted by Gasteiger charge is -1.96. The summed E-state index contributed by atoms with van der Waals surface area (Å²) in [7, 11) is 0. The van der Waals surface area contributed by atoms with Crippen LogP contribution < -0.4 is 0 Å². The summed E-state index contributed by atoms with van der Waals surface area (Å²) in [5.74, 6) is 12.0. The van der Waals surface area contributed by atoms with Gasteiger partial charge in [0.15, 0.2) is 0 Å². The quantitative estimate of drug-likeness (QED) is 0.383. The minimum atomic E-state index is -0.458. The molecule has 0 atom stereocenters. The number of rotatable bonds is 2. The summed E-state index contributed by atoms with van der Waals surface area (Å²) in [5, 5.41) is 21.4. The van der Waals surface area contributed by atoms with Crippen LogP contribution in [0, 0.1) is 43.9 Å². The number of hydrogen-bond acceptors (Lipinski definition) is 4. The van der Waals surface area contributed by atoms with Crippen LogP contribution in [0.4, 0.5) is 11.4 Å². The van der Waals surface area contributed by atoms with Gasteiger partial charge in [0.25, 0.3) is 11.4 Å². The Morgan fingerprint density at radius 3 is 1.21 bits per heavy atom. The van der Waals surface area contributed by atoms with Crippen LogP contribution in [0.1, 0.15) is 22.3 Å². The first kappa shape index (κ1) is 18.4. The molecule has 0 saturated carbocycles. The van der Waals surface area contributed by atoms with Gasteiger partial charge in [0.2, 0.25) is 0 Å². The van der Waals surface area contributed by atoms with Gasteiger partial charge in [-0.25, -0.2) is 0 Å². The molecule has 28 heavy (non-hydrogen) atoms. The highest BCUT2D eigenvalue weighted by Gasteiger charge is 2.03. The number of nitro groups is 2. The van der Waals surface area contributed by atoms with Crippen molar-refractivity contribution < 1.29 is 9.85 Å². The summed E-state index contributed by atoms with van der Waals surface area (Å²) in [6.07, 6.45) is 0. The van der Waals surface area contributed by atoms with E-state index in [4.69, 9.17) is 0 Å². The molecule has 3 aromatic carbocycles. The van der Waals surface area contributed by atoms with E-state index in [1.807, 2.05) is 24.3 Å². The fourth-order valence-electron chi connectivity index (χ4n) is 2.31. The van der Waals surface area contributed by atoms with Crippen LogP contribution in [-0.4, -0.2) is 9.85 Å². The number of nitro benzene ring substituents is 2. The Balaban J connectivity index is 1.85. The normalized spacial score (nSPS) is 9.43. The van der Waals surface area contributed by atoms with E-state index >= 15 is 0 Å². The first-order valence-corrected chi connectivity index (χ1v) is 8.15. The van der Waals surface area contributed by atoms with Crippen molar-refractivity contribution >= 4 is 11.4 Å². The lowest BCUT2D eigenvalue weighted by atomic mass is 10.1. The largest absolute Gasteiger partial charge is 0.269 e. The molecule has 0 unspecified atom stereocenters. The minimum absolute atomic E-state index is 0.0138. The summed E-state index contributed by atoms with van der Waals surface area (Å²) in [5.41, 5.74) is 2.78. The molecule has 0 fully saturated rings. The Kier molecular flexibility index (Phi) is 5.45. The zero-order valence-corrected chi connectivity index (χ0v) is 14.5. The molecule has 0 heterocycles. The van der Waals surface area contributed by atoms with E-state index in [1.54, 1.807) is 24.3 Å². The second-order valence-electron chi connectivity index (χ2n) is 5.65. The van der Waals surface area contributed by atoms with Crippen molar-refractivity contribution in [3.05, 3.63) is 115 Å². The molecule has 0 aliphatic heterocycles. The summed E-state index contributed by atoms with van der Waals surface area (Å²) in [4.78, 5) is 20.5. The molecule has 0 saturated heterocycles. The first-order valence-electron chi connectivity index (χ1n) is 8.15. The van der Waals surface area contributed by atoms with E-state index < -0.39 is 9.85 Å². The van der Waals surface area contributed by atoms with Crippen LogP contribution >= 0.6 is 0 Å². The van der Waals surface area contributed by atoms with Gasteiger partial charge in [-0.1, -0.05) is 35.8 Å². The second kappa shape index (κ2) is 8.31. The molecule has 3 rings (SSSR count). The van der Waals surface area contributed by atoms with Gasteiger partial charge in [-0.3, -0.25) is 20.2 Å². The molecule has 0 spiro atoms. The van der Waals surface area contributed by atoms with E-state index in [1.165, 1.54) is 24.3 Å². The van der Waals surface area contributed by atoms with Crippen LogP contribution in [0.15, 0.2) is 72.8 Å². The maximum Gasteiger partial charge on any atom is 0.269 e. The van der Waals surface area contributed by atoms with Crippen molar-refractivity contribution in [3.63, 3.8) is 0 Å². The van der Waals surface area contributed by atoms with Gasteiger partial charge < -0.3 is 0 Å². The van der Waals surface area contributed by atoms with Crippen molar-refractivity contribution in [2.75, 3.05) is 0 Å². The molecular weight excluding hydrogens is 356 g/mol. The third-order valence-electron chi connectivity index (χ3n) is 3.77. The lowest BCUT2D eigenvalue weighted by Crippen LogP contribution is -1.87. The Labute approximate surface area is 160 Å². The van der Waals surface area contributed by atoms with Gasteiger partial charge in [-0.2, -0.15) is 0 Å². The van der Waals surface area contributed by atoms with Gasteiger partial charge in [-0.15, -0.1) is 0 Å². The number of benzene rings is 3. The maximum absolute atomic E-state index is 10.7. The molecule has 6 heteroatoms. The zero-order valence-electron chi connectivity index (χ0n) is 14.5. The molecule has 0 aromatic heterocycles. The monoisotopic (exact) mass is 368 g/mol. The number of nitrogens with zero attached hydrogens (tertiary/aromatic N) is 2. The van der Waals surface area contributed by atoms with E-state index in [-0.39, 0.29) is 11.4 Å². The molecule has 0 N–H and O–H groups in total. The highest BCUT2D eigenvalue weighted by atomic mass is 16.6. The van der Waals surface area contributed by atoms with Gasteiger partial charge in [0, 0.05) is 46.5 Å². The summed E-state index contributed by atoms with van der Waals surface area (Å²) in [6, 6.07) is 19.4. The molecule has 0 aliphatic carbocycles. The number of hydrogen-bond donors (Lipinski definition) is 0. The van der Waals surface area contributed by atoms with Crippen molar-refractivity contribution in [1.82, 2.24) is 0 Å². The van der Waals surface area contributed by atoms with E-state index in [0.717, 1.165) is 11.1 Å². The van der Waals surface area contributed by atoms with Gasteiger partial charge >= 0.3 is 0 Å². The van der Waals surface area contributed by atoms with Crippen molar-refractivity contribution in [3.8, 4) is 23.7 Å². The molecule has 6 nitrogen and oxygen atoms in total. The average molecular weight is 368 g/mol. The second-order valence-corrected chi connectivity index (χ2v) is 5.65. The topological polar surface area (TPSA) is 86.3 Å². The standard InChI is InChI=1S/C22H12N2O4/c25-23(26)21-13-7-17(8-14-21)5-11-19-3-1-2-4-20(19)12-6-18-9-15-22(16-10-18)24(27)28/h1-4,7-10,13-16H. The number of non-ortho nitro benzene ring substituents is 2.